The average molecular weight is 261 g/mol. The van der Waals surface area contributed by atoms with Crippen molar-refractivity contribution >= 4 is 6.08 Å². The van der Waals surface area contributed by atoms with Crippen molar-refractivity contribution in [1.29, 1.82) is 0 Å². The molecule has 4 heteroatoms. The van der Waals surface area contributed by atoms with E-state index >= 15 is 0 Å². The summed E-state index contributed by atoms with van der Waals surface area (Å²) in [5.74, 6) is 0.812. The molecule has 0 amide bonds. The molecule has 1 aliphatic rings. The van der Waals surface area contributed by atoms with Gasteiger partial charge in [-0.25, -0.2) is 4.79 Å². The molecule has 1 N–H and O–H groups in total. The first kappa shape index (κ1) is 13.6. The summed E-state index contributed by atoms with van der Waals surface area (Å²) in [7, 11) is 1.52. The lowest BCUT2D eigenvalue weighted by Gasteiger charge is -2.38. The van der Waals surface area contributed by atoms with E-state index in [1.807, 2.05) is 6.07 Å². The van der Waals surface area contributed by atoms with Crippen LogP contribution in [0, 0.1) is 0 Å². The van der Waals surface area contributed by atoms with Crippen LogP contribution in [0.5, 0.6) is 11.5 Å². The third-order valence-corrected chi connectivity index (χ3v) is 3.90. The van der Waals surface area contributed by atoms with Crippen LogP contribution >= 0.6 is 0 Å². The zero-order chi connectivity index (χ0) is 14.0. The molecule has 0 aliphatic heterocycles. The zero-order valence-corrected chi connectivity index (χ0v) is 11.6. The SMILES string of the molecule is COc1c(O)cc(C(C)C)cc1C1(N=C=O)CCC1. The Morgan fingerprint density at radius 2 is 2.11 bits per heavy atom. The van der Waals surface area contributed by atoms with Crippen LogP contribution in [0.2, 0.25) is 0 Å². The highest BCUT2D eigenvalue weighted by Crippen LogP contribution is 2.51. The number of isocyanates is 1. The molecular formula is C15H19NO3. The minimum absolute atomic E-state index is 0.107. The predicted octanol–water partition coefficient (Wildman–Crippen LogP) is 3.24. The topological polar surface area (TPSA) is 58.9 Å². The van der Waals surface area contributed by atoms with E-state index in [9.17, 15) is 9.90 Å². The maximum atomic E-state index is 10.7. The normalized spacial score (nSPS) is 16.6. The quantitative estimate of drug-likeness (QED) is 0.668. The first-order chi connectivity index (χ1) is 9.04. The van der Waals surface area contributed by atoms with E-state index in [1.165, 1.54) is 7.11 Å². The molecule has 0 saturated heterocycles. The van der Waals surface area contributed by atoms with Crippen LogP contribution in [-0.4, -0.2) is 18.3 Å². The van der Waals surface area contributed by atoms with Gasteiger partial charge in [0.05, 0.1) is 7.11 Å². The third kappa shape index (κ3) is 2.24. The largest absolute Gasteiger partial charge is 0.504 e. The fraction of sp³-hybridized carbons (Fsp3) is 0.533. The van der Waals surface area contributed by atoms with E-state index in [0.29, 0.717) is 5.75 Å². The lowest BCUT2D eigenvalue weighted by atomic mass is 9.71. The van der Waals surface area contributed by atoms with Gasteiger partial charge in [0.1, 0.15) is 5.54 Å². The molecule has 1 saturated carbocycles. The van der Waals surface area contributed by atoms with Gasteiger partial charge >= 0.3 is 0 Å². The smallest absolute Gasteiger partial charge is 0.235 e. The molecule has 19 heavy (non-hydrogen) atoms. The van der Waals surface area contributed by atoms with Crippen LogP contribution < -0.4 is 4.74 Å². The van der Waals surface area contributed by atoms with Gasteiger partial charge in [0.2, 0.25) is 6.08 Å². The second-order valence-corrected chi connectivity index (χ2v) is 5.36. The fourth-order valence-corrected chi connectivity index (χ4v) is 2.57. The van der Waals surface area contributed by atoms with Crippen molar-refractivity contribution in [3.63, 3.8) is 0 Å². The van der Waals surface area contributed by atoms with Crippen LogP contribution in [0.4, 0.5) is 0 Å². The predicted molar refractivity (Wildman–Crippen MR) is 72.4 cm³/mol. The molecular weight excluding hydrogens is 242 g/mol. The first-order valence-corrected chi connectivity index (χ1v) is 6.54. The molecule has 1 aromatic carbocycles. The standard InChI is InChI=1S/C15H19NO3/c1-10(2)11-7-12(14(19-3)13(18)8-11)15(16-9-17)5-4-6-15/h7-8,10,18H,4-6H2,1-3H3. The van der Waals surface area contributed by atoms with E-state index in [1.54, 1.807) is 12.1 Å². The van der Waals surface area contributed by atoms with Gasteiger partial charge < -0.3 is 9.84 Å². The number of nitrogens with zero attached hydrogens (tertiary/aromatic N) is 1. The molecule has 0 unspecified atom stereocenters. The van der Waals surface area contributed by atoms with Gasteiger partial charge in [0.15, 0.2) is 11.5 Å². The Balaban J connectivity index is 2.62. The highest BCUT2D eigenvalue weighted by atomic mass is 16.5. The van der Waals surface area contributed by atoms with E-state index in [2.05, 4.69) is 18.8 Å². The minimum atomic E-state index is -0.560. The summed E-state index contributed by atoms with van der Waals surface area (Å²) in [6.45, 7) is 4.11. The third-order valence-electron chi connectivity index (χ3n) is 3.90. The molecule has 0 heterocycles. The Morgan fingerprint density at radius 3 is 2.53 bits per heavy atom. The van der Waals surface area contributed by atoms with E-state index in [-0.39, 0.29) is 11.7 Å². The number of aliphatic imine (C=N–C) groups is 1. The molecule has 0 bridgehead atoms. The maximum absolute atomic E-state index is 10.7. The van der Waals surface area contributed by atoms with E-state index in [0.717, 1.165) is 30.4 Å². The molecule has 0 spiro atoms. The van der Waals surface area contributed by atoms with Gasteiger partial charge in [-0.15, -0.1) is 0 Å². The Kier molecular flexibility index (Phi) is 3.63. The van der Waals surface area contributed by atoms with Crippen LogP contribution in [0.1, 0.15) is 50.2 Å². The zero-order valence-electron chi connectivity index (χ0n) is 11.6. The van der Waals surface area contributed by atoms with Gasteiger partial charge in [-0.1, -0.05) is 13.8 Å². The van der Waals surface area contributed by atoms with Gasteiger partial charge in [-0.05, 0) is 42.9 Å². The van der Waals surface area contributed by atoms with Gasteiger partial charge in [-0.3, -0.25) is 0 Å². The summed E-state index contributed by atoms with van der Waals surface area (Å²) < 4.78 is 5.30. The number of methoxy groups -OCH3 is 1. The molecule has 1 aliphatic carbocycles. The fourth-order valence-electron chi connectivity index (χ4n) is 2.57. The molecule has 0 atom stereocenters. The number of phenolic OH excluding ortho intramolecular Hbond substituents is 1. The molecule has 2 rings (SSSR count). The molecule has 102 valence electrons. The van der Waals surface area contributed by atoms with Crippen molar-refractivity contribution in [1.82, 2.24) is 0 Å². The number of aromatic hydroxyl groups is 1. The summed E-state index contributed by atoms with van der Waals surface area (Å²) in [6, 6.07) is 3.70. The van der Waals surface area contributed by atoms with Crippen molar-refractivity contribution < 1.29 is 14.6 Å². The Bertz CT molecular complexity index is 526. The lowest BCUT2D eigenvalue weighted by molar-refractivity contribution is 0.243. The van der Waals surface area contributed by atoms with Crippen molar-refractivity contribution in [2.75, 3.05) is 7.11 Å². The average Bonchev–Trinajstić information content (AvgIpc) is 2.32. The molecule has 0 radical (unpaired) electrons. The van der Waals surface area contributed by atoms with Gasteiger partial charge in [0, 0.05) is 5.56 Å². The maximum Gasteiger partial charge on any atom is 0.235 e. The summed E-state index contributed by atoms with van der Waals surface area (Å²) in [5, 5.41) is 10.1. The number of ether oxygens (including phenoxy) is 1. The molecule has 4 nitrogen and oxygen atoms in total. The van der Waals surface area contributed by atoms with Gasteiger partial charge in [0.25, 0.3) is 0 Å². The Labute approximate surface area is 113 Å². The monoisotopic (exact) mass is 261 g/mol. The van der Waals surface area contributed by atoms with Crippen LogP contribution in [-0.2, 0) is 10.3 Å². The van der Waals surface area contributed by atoms with Crippen molar-refractivity contribution in [3.8, 4) is 11.5 Å². The van der Waals surface area contributed by atoms with Crippen LogP contribution in [0.3, 0.4) is 0 Å². The van der Waals surface area contributed by atoms with Crippen LogP contribution in [0.15, 0.2) is 17.1 Å². The highest BCUT2D eigenvalue weighted by Gasteiger charge is 2.42. The summed E-state index contributed by atoms with van der Waals surface area (Å²) in [5.41, 5.74) is 1.25. The number of hydrogen-bond donors (Lipinski definition) is 1. The summed E-state index contributed by atoms with van der Waals surface area (Å²) in [4.78, 5) is 14.7. The van der Waals surface area contributed by atoms with Crippen molar-refractivity contribution in [2.45, 2.75) is 44.6 Å². The van der Waals surface area contributed by atoms with E-state index < -0.39 is 5.54 Å². The summed E-state index contributed by atoms with van der Waals surface area (Å²) >= 11 is 0. The molecule has 1 aromatic rings. The number of carbonyl (C=O) groups excluding carboxylic acids is 1. The van der Waals surface area contributed by atoms with Crippen molar-refractivity contribution in [2.24, 2.45) is 4.99 Å². The van der Waals surface area contributed by atoms with Crippen molar-refractivity contribution in [3.05, 3.63) is 23.3 Å². The number of phenols is 1. The molecule has 1 fully saturated rings. The minimum Gasteiger partial charge on any atom is -0.504 e. The Morgan fingerprint density at radius 1 is 1.42 bits per heavy atom. The highest BCUT2D eigenvalue weighted by molar-refractivity contribution is 5.54. The number of rotatable bonds is 4. The molecule has 0 aromatic heterocycles. The van der Waals surface area contributed by atoms with E-state index in [4.69, 9.17) is 4.74 Å². The lowest BCUT2D eigenvalue weighted by Crippen LogP contribution is -2.32. The van der Waals surface area contributed by atoms with Crippen LogP contribution in [0.25, 0.3) is 0 Å². The second kappa shape index (κ2) is 5.06. The summed E-state index contributed by atoms with van der Waals surface area (Å²) in [6.07, 6.45) is 4.26. The number of benzene rings is 1. The second-order valence-electron chi connectivity index (χ2n) is 5.36. The van der Waals surface area contributed by atoms with Gasteiger partial charge in [-0.2, -0.15) is 4.99 Å². The number of hydrogen-bond acceptors (Lipinski definition) is 4. The Hall–Kier alpha value is -1.80. The first-order valence-electron chi connectivity index (χ1n) is 6.54.